The van der Waals surface area contributed by atoms with Gasteiger partial charge in [-0.15, -0.1) is 0 Å². The number of amides is 2. The third-order valence-corrected chi connectivity index (χ3v) is 6.77. The summed E-state index contributed by atoms with van der Waals surface area (Å²) in [6, 6.07) is 9.61. The van der Waals surface area contributed by atoms with Crippen molar-refractivity contribution in [3.05, 3.63) is 69.1 Å². The van der Waals surface area contributed by atoms with Crippen molar-refractivity contribution < 1.29 is 14.0 Å². The Hall–Kier alpha value is -2.57. The van der Waals surface area contributed by atoms with E-state index >= 15 is 0 Å². The second-order valence-corrected chi connectivity index (χ2v) is 8.78. The van der Waals surface area contributed by atoms with Crippen molar-refractivity contribution in [2.24, 2.45) is 0 Å². The molecule has 0 bridgehead atoms. The fraction of sp³-hybridized carbons (Fsp3) is 0.273. The summed E-state index contributed by atoms with van der Waals surface area (Å²) in [4.78, 5) is 33.1. The standard InChI is InChI=1S/C22H18Cl2FN3O2/c1-22-20-15(16-9-14(25)4-5-18(16)26-20)6-7-28(22)19(29)11-27(21(22)30)10-12-2-3-13(23)8-17(12)24/h2-5,8-9,26H,6-7,10-11H2,1H3/t22-/m0/s1. The number of piperazine rings is 1. The molecular formula is C22H18Cl2FN3O2. The highest BCUT2D eigenvalue weighted by Crippen LogP contribution is 2.42. The summed E-state index contributed by atoms with van der Waals surface area (Å²) in [7, 11) is 0. The molecule has 154 valence electrons. The summed E-state index contributed by atoms with van der Waals surface area (Å²) in [5.74, 6) is -0.652. The van der Waals surface area contributed by atoms with Crippen LogP contribution in [0.2, 0.25) is 10.0 Å². The molecule has 2 amide bonds. The molecule has 5 rings (SSSR count). The van der Waals surface area contributed by atoms with Gasteiger partial charge in [-0.25, -0.2) is 4.39 Å². The molecule has 8 heteroatoms. The molecule has 3 heterocycles. The molecule has 0 saturated carbocycles. The number of nitrogens with one attached hydrogen (secondary N) is 1. The fourth-order valence-corrected chi connectivity index (χ4v) is 5.15. The Morgan fingerprint density at radius 1 is 1.17 bits per heavy atom. The Morgan fingerprint density at radius 2 is 1.97 bits per heavy atom. The van der Waals surface area contributed by atoms with Crippen LogP contribution in [0.1, 0.15) is 23.7 Å². The van der Waals surface area contributed by atoms with Crippen molar-refractivity contribution in [2.45, 2.75) is 25.4 Å². The van der Waals surface area contributed by atoms with Crippen LogP contribution >= 0.6 is 23.2 Å². The van der Waals surface area contributed by atoms with Crippen molar-refractivity contribution in [1.82, 2.24) is 14.8 Å². The normalized spacial score (nSPS) is 21.2. The highest BCUT2D eigenvalue weighted by atomic mass is 35.5. The molecule has 0 unspecified atom stereocenters. The van der Waals surface area contributed by atoms with Gasteiger partial charge in [0.15, 0.2) is 5.54 Å². The molecule has 3 aromatic rings. The van der Waals surface area contributed by atoms with Crippen LogP contribution in [-0.2, 0) is 28.1 Å². The van der Waals surface area contributed by atoms with E-state index in [0.29, 0.717) is 34.3 Å². The van der Waals surface area contributed by atoms with Crippen molar-refractivity contribution in [1.29, 1.82) is 0 Å². The molecule has 2 aromatic carbocycles. The number of halogens is 3. The maximum absolute atomic E-state index is 13.8. The molecule has 2 aliphatic heterocycles. The third-order valence-electron chi connectivity index (χ3n) is 6.19. The molecule has 5 nitrogen and oxygen atoms in total. The molecule has 1 aromatic heterocycles. The lowest BCUT2D eigenvalue weighted by molar-refractivity contribution is -0.166. The first kappa shape index (κ1) is 19.4. The van der Waals surface area contributed by atoms with E-state index in [1.165, 1.54) is 17.0 Å². The Morgan fingerprint density at radius 3 is 2.73 bits per heavy atom. The van der Waals surface area contributed by atoms with Gasteiger partial charge in [-0.2, -0.15) is 0 Å². The van der Waals surface area contributed by atoms with Gasteiger partial charge in [0.05, 0.1) is 5.69 Å². The lowest BCUT2D eigenvalue weighted by atomic mass is 9.83. The van der Waals surface area contributed by atoms with Gasteiger partial charge < -0.3 is 14.8 Å². The average molecular weight is 446 g/mol. The molecule has 1 saturated heterocycles. The zero-order valence-electron chi connectivity index (χ0n) is 16.1. The van der Waals surface area contributed by atoms with Crippen LogP contribution in [0.25, 0.3) is 10.9 Å². The van der Waals surface area contributed by atoms with Crippen LogP contribution in [0.5, 0.6) is 0 Å². The van der Waals surface area contributed by atoms with Gasteiger partial charge in [-0.05, 0) is 54.8 Å². The SMILES string of the molecule is C[C@]12C(=O)N(Cc3ccc(Cl)cc3Cl)CC(=O)N1CCc1c2[nH]c2ccc(F)cc12. The lowest BCUT2D eigenvalue weighted by Gasteiger charge is -2.49. The summed E-state index contributed by atoms with van der Waals surface area (Å²) in [5, 5.41) is 1.70. The summed E-state index contributed by atoms with van der Waals surface area (Å²) in [5.41, 5.74) is 1.82. The minimum absolute atomic E-state index is 0.0163. The second-order valence-electron chi connectivity index (χ2n) is 7.93. The second kappa shape index (κ2) is 6.72. The van der Waals surface area contributed by atoms with Gasteiger partial charge in [0.25, 0.3) is 5.91 Å². The van der Waals surface area contributed by atoms with Crippen molar-refractivity contribution in [3.63, 3.8) is 0 Å². The van der Waals surface area contributed by atoms with Crippen molar-refractivity contribution in [3.8, 4) is 0 Å². The average Bonchev–Trinajstić information content (AvgIpc) is 3.07. The molecule has 0 spiro atoms. The molecule has 30 heavy (non-hydrogen) atoms. The first-order valence-electron chi connectivity index (χ1n) is 9.63. The summed E-state index contributed by atoms with van der Waals surface area (Å²) in [6.07, 6.45) is 0.566. The van der Waals surface area contributed by atoms with Gasteiger partial charge in [0.2, 0.25) is 5.91 Å². The number of aromatic amines is 1. The molecule has 0 aliphatic carbocycles. The topological polar surface area (TPSA) is 56.4 Å². The Bertz CT molecular complexity index is 1220. The van der Waals surface area contributed by atoms with E-state index < -0.39 is 5.54 Å². The Kier molecular flexibility index (Phi) is 4.35. The number of carbonyl (C=O) groups excluding carboxylic acids is 2. The van der Waals surface area contributed by atoms with E-state index in [2.05, 4.69) is 4.98 Å². The first-order valence-corrected chi connectivity index (χ1v) is 10.4. The van der Waals surface area contributed by atoms with Gasteiger partial charge >= 0.3 is 0 Å². The van der Waals surface area contributed by atoms with Gasteiger partial charge in [-0.3, -0.25) is 9.59 Å². The summed E-state index contributed by atoms with van der Waals surface area (Å²) < 4.78 is 13.8. The maximum atomic E-state index is 13.8. The van der Waals surface area contributed by atoms with Crippen LogP contribution in [0.3, 0.4) is 0 Å². The minimum Gasteiger partial charge on any atom is -0.356 e. The number of nitrogens with zero attached hydrogens (tertiary/aromatic N) is 2. The molecule has 1 atom stereocenters. The van der Waals surface area contributed by atoms with Crippen molar-refractivity contribution >= 4 is 45.9 Å². The van der Waals surface area contributed by atoms with Crippen LogP contribution in [0.4, 0.5) is 4.39 Å². The van der Waals surface area contributed by atoms with E-state index in [1.54, 1.807) is 36.1 Å². The first-order chi connectivity index (χ1) is 14.3. The molecular weight excluding hydrogens is 428 g/mol. The number of hydrogen-bond acceptors (Lipinski definition) is 2. The summed E-state index contributed by atoms with van der Waals surface area (Å²) >= 11 is 12.3. The number of hydrogen-bond donors (Lipinski definition) is 1. The number of fused-ring (bicyclic) bond motifs is 5. The predicted octanol–water partition coefficient (Wildman–Crippen LogP) is 4.26. The zero-order valence-corrected chi connectivity index (χ0v) is 17.6. The van der Waals surface area contributed by atoms with Gasteiger partial charge in [0, 0.05) is 34.0 Å². The van der Waals surface area contributed by atoms with Gasteiger partial charge in [0.1, 0.15) is 12.4 Å². The van der Waals surface area contributed by atoms with E-state index in [9.17, 15) is 14.0 Å². The number of H-pyrrole nitrogens is 1. The summed E-state index contributed by atoms with van der Waals surface area (Å²) in [6.45, 7) is 2.35. The molecule has 1 fully saturated rings. The smallest absolute Gasteiger partial charge is 0.255 e. The minimum atomic E-state index is -1.18. The van der Waals surface area contributed by atoms with Crippen LogP contribution in [0.15, 0.2) is 36.4 Å². The number of carbonyl (C=O) groups is 2. The molecule has 0 radical (unpaired) electrons. The highest BCUT2D eigenvalue weighted by molar-refractivity contribution is 6.35. The number of benzene rings is 2. The Balaban J connectivity index is 1.59. The monoisotopic (exact) mass is 445 g/mol. The lowest BCUT2D eigenvalue weighted by Crippen LogP contribution is -2.66. The van der Waals surface area contributed by atoms with E-state index in [0.717, 1.165) is 16.5 Å². The predicted molar refractivity (Wildman–Crippen MR) is 113 cm³/mol. The van der Waals surface area contributed by atoms with E-state index in [4.69, 9.17) is 23.2 Å². The van der Waals surface area contributed by atoms with Gasteiger partial charge in [-0.1, -0.05) is 29.3 Å². The number of rotatable bonds is 2. The van der Waals surface area contributed by atoms with E-state index in [-0.39, 0.29) is 30.7 Å². The largest absolute Gasteiger partial charge is 0.356 e. The third kappa shape index (κ3) is 2.74. The molecule has 2 aliphatic rings. The van der Waals surface area contributed by atoms with Crippen molar-refractivity contribution in [2.75, 3.05) is 13.1 Å². The highest BCUT2D eigenvalue weighted by Gasteiger charge is 2.54. The zero-order chi connectivity index (χ0) is 21.2. The quantitative estimate of drug-likeness (QED) is 0.640. The van der Waals surface area contributed by atoms with Crippen LogP contribution in [-0.4, -0.2) is 39.7 Å². The molecule has 1 N–H and O–H groups in total. The van der Waals surface area contributed by atoms with Crippen LogP contribution in [0, 0.1) is 5.82 Å². The van der Waals surface area contributed by atoms with E-state index in [1.807, 2.05) is 0 Å². The number of aromatic nitrogens is 1. The van der Waals surface area contributed by atoms with Crippen LogP contribution < -0.4 is 0 Å². The Labute approximate surface area is 182 Å². The maximum Gasteiger partial charge on any atom is 0.255 e. The fourth-order valence-electron chi connectivity index (χ4n) is 4.69.